The number of hydrogen-bond donors (Lipinski definition) is 1. The summed E-state index contributed by atoms with van der Waals surface area (Å²) in [5.41, 5.74) is 0. The van der Waals surface area contributed by atoms with Gasteiger partial charge >= 0.3 is 5.97 Å². The van der Waals surface area contributed by atoms with Crippen molar-refractivity contribution < 1.29 is 14.6 Å². The van der Waals surface area contributed by atoms with Crippen molar-refractivity contribution in [2.24, 2.45) is 23.7 Å². The standard InChI is InChI=1S/C11H14O3/c12-10-8-6-2-1-3-7(5-4-6)9(8)11(13)14-10/h1-2,6-9,11,13H,3-5H2. The topological polar surface area (TPSA) is 46.5 Å². The second kappa shape index (κ2) is 2.83. The summed E-state index contributed by atoms with van der Waals surface area (Å²) in [6.07, 6.45) is 6.65. The van der Waals surface area contributed by atoms with Gasteiger partial charge < -0.3 is 9.84 Å². The molecule has 0 aromatic heterocycles. The van der Waals surface area contributed by atoms with Gasteiger partial charge in [-0.25, -0.2) is 0 Å². The summed E-state index contributed by atoms with van der Waals surface area (Å²) in [7, 11) is 0. The van der Waals surface area contributed by atoms with Gasteiger partial charge in [-0.15, -0.1) is 0 Å². The van der Waals surface area contributed by atoms with Crippen LogP contribution in [0, 0.1) is 23.7 Å². The Morgan fingerprint density at radius 3 is 3.14 bits per heavy atom. The van der Waals surface area contributed by atoms with Crippen molar-refractivity contribution in [3.63, 3.8) is 0 Å². The molecule has 1 heterocycles. The molecule has 1 aliphatic heterocycles. The van der Waals surface area contributed by atoms with Crippen LogP contribution in [-0.4, -0.2) is 17.4 Å². The summed E-state index contributed by atoms with van der Waals surface area (Å²) in [6, 6.07) is 0. The molecule has 0 aromatic rings. The van der Waals surface area contributed by atoms with E-state index in [1.54, 1.807) is 0 Å². The number of carbonyl (C=O) groups excluding carboxylic acids is 1. The van der Waals surface area contributed by atoms with Gasteiger partial charge in [0.15, 0.2) is 0 Å². The Bertz CT molecular complexity index is 297. The number of cyclic esters (lactones) is 1. The number of esters is 1. The van der Waals surface area contributed by atoms with Crippen LogP contribution in [0.4, 0.5) is 0 Å². The van der Waals surface area contributed by atoms with E-state index in [0.29, 0.717) is 11.8 Å². The largest absolute Gasteiger partial charge is 0.435 e. The maximum Gasteiger partial charge on any atom is 0.312 e. The van der Waals surface area contributed by atoms with E-state index in [1.165, 1.54) is 0 Å². The fourth-order valence-electron chi connectivity index (χ4n) is 3.29. The van der Waals surface area contributed by atoms with Crippen LogP contribution >= 0.6 is 0 Å². The lowest BCUT2D eigenvalue weighted by atomic mass is 9.68. The zero-order chi connectivity index (χ0) is 9.71. The lowest BCUT2D eigenvalue weighted by Gasteiger charge is -2.33. The van der Waals surface area contributed by atoms with Gasteiger partial charge in [-0.3, -0.25) is 4.79 Å². The zero-order valence-electron chi connectivity index (χ0n) is 7.93. The predicted molar refractivity (Wildman–Crippen MR) is 49.0 cm³/mol. The van der Waals surface area contributed by atoms with Crippen LogP contribution in [0.1, 0.15) is 19.3 Å². The molecule has 1 saturated carbocycles. The second-order valence-electron chi connectivity index (χ2n) is 4.60. The molecule has 1 N–H and O–H groups in total. The monoisotopic (exact) mass is 194 g/mol. The van der Waals surface area contributed by atoms with E-state index >= 15 is 0 Å². The minimum atomic E-state index is -0.847. The van der Waals surface area contributed by atoms with Crippen molar-refractivity contribution in [3.05, 3.63) is 12.2 Å². The fourth-order valence-corrected chi connectivity index (χ4v) is 3.29. The minimum absolute atomic E-state index is 0.0521. The molecular formula is C11H14O3. The Morgan fingerprint density at radius 1 is 1.43 bits per heavy atom. The van der Waals surface area contributed by atoms with Crippen molar-refractivity contribution in [1.82, 2.24) is 0 Å². The predicted octanol–water partition coefficient (Wildman–Crippen LogP) is 1.08. The summed E-state index contributed by atoms with van der Waals surface area (Å²) >= 11 is 0. The molecule has 0 radical (unpaired) electrons. The van der Waals surface area contributed by atoms with Crippen LogP contribution in [-0.2, 0) is 9.53 Å². The third-order valence-electron chi connectivity index (χ3n) is 3.95. The third-order valence-corrected chi connectivity index (χ3v) is 3.95. The fraction of sp³-hybridized carbons (Fsp3) is 0.727. The van der Waals surface area contributed by atoms with E-state index in [-0.39, 0.29) is 17.8 Å². The number of fused-ring (bicyclic) bond motifs is 2. The number of aliphatic hydroxyl groups is 1. The van der Waals surface area contributed by atoms with E-state index in [0.717, 1.165) is 19.3 Å². The number of carbonyl (C=O) groups is 1. The highest BCUT2D eigenvalue weighted by atomic mass is 16.6. The maximum atomic E-state index is 11.5. The molecular weight excluding hydrogens is 180 g/mol. The molecule has 3 nitrogen and oxygen atoms in total. The van der Waals surface area contributed by atoms with Crippen LogP contribution in [0.3, 0.4) is 0 Å². The van der Waals surface area contributed by atoms with E-state index < -0.39 is 6.29 Å². The van der Waals surface area contributed by atoms with Gasteiger partial charge in [0.1, 0.15) is 0 Å². The number of ether oxygens (including phenoxy) is 1. The molecule has 3 heteroatoms. The summed E-state index contributed by atoms with van der Waals surface area (Å²) < 4.78 is 4.93. The molecule has 4 rings (SSSR count). The number of allylic oxidation sites excluding steroid dienone is 2. The van der Waals surface area contributed by atoms with Gasteiger partial charge in [0.05, 0.1) is 5.92 Å². The van der Waals surface area contributed by atoms with E-state index in [4.69, 9.17) is 4.74 Å². The Labute approximate surface area is 82.8 Å². The molecule has 4 aliphatic rings. The highest BCUT2D eigenvalue weighted by Crippen LogP contribution is 2.49. The summed E-state index contributed by atoms with van der Waals surface area (Å²) in [6.45, 7) is 0. The number of aliphatic hydroxyl groups excluding tert-OH is 1. The normalized spacial score (nSPS) is 50.1. The molecule has 0 spiro atoms. The highest BCUT2D eigenvalue weighted by molar-refractivity contribution is 5.76. The second-order valence-corrected chi connectivity index (χ2v) is 4.60. The Hall–Kier alpha value is -0.830. The van der Waals surface area contributed by atoms with E-state index in [1.807, 2.05) is 0 Å². The average Bonchev–Trinajstić information content (AvgIpc) is 2.42. The SMILES string of the molecule is O=C1OC(O)C2C3CC=CC(CC3)C12. The smallest absolute Gasteiger partial charge is 0.312 e. The van der Waals surface area contributed by atoms with E-state index in [9.17, 15) is 9.90 Å². The van der Waals surface area contributed by atoms with Crippen molar-refractivity contribution in [3.8, 4) is 0 Å². The van der Waals surface area contributed by atoms with Gasteiger partial charge in [0.25, 0.3) is 0 Å². The minimum Gasteiger partial charge on any atom is -0.435 e. The molecule has 2 bridgehead atoms. The maximum absolute atomic E-state index is 11.5. The van der Waals surface area contributed by atoms with Crippen LogP contribution in [0.25, 0.3) is 0 Å². The van der Waals surface area contributed by atoms with Crippen LogP contribution < -0.4 is 0 Å². The Balaban J connectivity index is 2.00. The molecule has 5 unspecified atom stereocenters. The first-order valence-electron chi connectivity index (χ1n) is 5.32. The molecule has 1 saturated heterocycles. The van der Waals surface area contributed by atoms with Gasteiger partial charge in [0, 0.05) is 5.92 Å². The van der Waals surface area contributed by atoms with Crippen LogP contribution in [0.5, 0.6) is 0 Å². The molecule has 0 amide bonds. The molecule has 0 aromatic carbocycles. The number of hydrogen-bond acceptors (Lipinski definition) is 3. The molecule has 5 atom stereocenters. The quantitative estimate of drug-likeness (QED) is 0.463. The highest BCUT2D eigenvalue weighted by Gasteiger charge is 2.53. The Kier molecular flexibility index (Phi) is 1.71. The van der Waals surface area contributed by atoms with Crippen LogP contribution in [0.15, 0.2) is 12.2 Å². The Morgan fingerprint density at radius 2 is 2.29 bits per heavy atom. The molecule has 2 fully saturated rings. The molecule has 14 heavy (non-hydrogen) atoms. The van der Waals surface area contributed by atoms with Gasteiger partial charge in [-0.1, -0.05) is 12.2 Å². The van der Waals surface area contributed by atoms with Gasteiger partial charge in [0.2, 0.25) is 6.29 Å². The van der Waals surface area contributed by atoms with Crippen molar-refractivity contribution >= 4 is 5.97 Å². The average molecular weight is 194 g/mol. The van der Waals surface area contributed by atoms with Crippen LogP contribution in [0.2, 0.25) is 0 Å². The summed E-state index contributed by atoms with van der Waals surface area (Å²) in [5.74, 6) is 0.544. The summed E-state index contributed by atoms with van der Waals surface area (Å²) in [4.78, 5) is 11.5. The zero-order valence-corrected chi connectivity index (χ0v) is 7.93. The van der Waals surface area contributed by atoms with Crippen molar-refractivity contribution in [2.45, 2.75) is 25.6 Å². The van der Waals surface area contributed by atoms with Crippen molar-refractivity contribution in [2.75, 3.05) is 0 Å². The first-order valence-corrected chi connectivity index (χ1v) is 5.32. The molecule has 3 aliphatic carbocycles. The third kappa shape index (κ3) is 0.989. The van der Waals surface area contributed by atoms with Gasteiger partial charge in [-0.05, 0) is 31.1 Å². The molecule has 76 valence electrons. The number of rotatable bonds is 0. The van der Waals surface area contributed by atoms with Crippen molar-refractivity contribution in [1.29, 1.82) is 0 Å². The lowest BCUT2D eigenvalue weighted by Crippen LogP contribution is -2.35. The van der Waals surface area contributed by atoms with Gasteiger partial charge in [-0.2, -0.15) is 0 Å². The lowest BCUT2D eigenvalue weighted by molar-refractivity contribution is -0.157. The van der Waals surface area contributed by atoms with E-state index in [2.05, 4.69) is 12.2 Å². The first kappa shape index (κ1) is 8.48. The first-order chi connectivity index (χ1) is 6.77. The summed E-state index contributed by atoms with van der Waals surface area (Å²) in [5, 5.41) is 9.67.